The molecule has 3 N–H and O–H groups in total. The fourth-order valence-corrected chi connectivity index (χ4v) is 8.48. The molecule has 1 heterocycles. The van der Waals surface area contributed by atoms with Gasteiger partial charge < -0.3 is 29.8 Å². The van der Waals surface area contributed by atoms with E-state index in [0.717, 1.165) is 122 Å². The van der Waals surface area contributed by atoms with Gasteiger partial charge in [-0.15, -0.1) is 0 Å². The van der Waals surface area contributed by atoms with Crippen LogP contribution in [0.4, 0.5) is 0 Å². The number of carbonyl (C=O) groups is 3. The smallest absolute Gasteiger partial charge is 0.306 e. The van der Waals surface area contributed by atoms with Crippen LogP contribution < -0.4 is 5.32 Å². The fraction of sp³-hybridized carbons (Fsp3) is 0.870. The zero-order valence-corrected chi connectivity index (χ0v) is 41.7. The highest BCUT2D eigenvalue weighted by Crippen LogP contribution is 2.19. The van der Waals surface area contributed by atoms with Crippen molar-refractivity contribution in [1.82, 2.24) is 15.2 Å². The van der Waals surface area contributed by atoms with Gasteiger partial charge in [-0.05, 0) is 102 Å². The predicted octanol–water partition coefficient (Wildman–Crippen LogP) is 14.2. The van der Waals surface area contributed by atoms with Crippen LogP contribution in [0.3, 0.4) is 0 Å². The van der Waals surface area contributed by atoms with E-state index in [1.54, 1.807) is 18.5 Å². The molecule has 0 spiro atoms. The molecular formula is C54H101N3O6. The van der Waals surface area contributed by atoms with Crippen molar-refractivity contribution in [3.05, 3.63) is 24.0 Å². The number of aliphatic hydroxyl groups excluding tert-OH is 1. The van der Waals surface area contributed by atoms with Crippen LogP contribution in [0.25, 0.3) is 0 Å². The second-order valence-electron chi connectivity index (χ2n) is 19.2. The second kappa shape index (κ2) is 43.5. The molecule has 1 atom stereocenters. The summed E-state index contributed by atoms with van der Waals surface area (Å²) in [5.74, 6) is 0.645. The number of aromatic nitrogens is 1. The molecule has 0 bridgehead atoms. The zero-order valence-electron chi connectivity index (χ0n) is 41.7. The van der Waals surface area contributed by atoms with E-state index in [1.165, 1.54) is 103 Å². The Morgan fingerprint density at radius 3 is 1.67 bits per heavy atom. The first-order valence-corrected chi connectivity index (χ1v) is 26.9. The van der Waals surface area contributed by atoms with Crippen molar-refractivity contribution in [2.24, 2.45) is 5.92 Å². The molecule has 1 aromatic heterocycles. The summed E-state index contributed by atoms with van der Waals surface area (Å²) in [6.07, 6.45) is 41.6. The molecule has 1 amide bonds. The summed E-state index contributed by atoms with van der Waals surface area (Å²) in [4.78, 5) is 42.8. The fourth-order valence-electron chi connectivity index (χ4n) is 8.48. The van der Waals surface area contributed by atoms with E-state index in [0.29, 0.717) is 44.5 Å². The summed E-state index contributed by atoms with van der Waals surface area (Å²) in [7, 11) is 0. The van der Waals surface area contributed by atoms with Gasteiger partial charge in [-0.3, -0.25) is 14.4 Å². The third-order valence-corrected chi connectivity index (χ3v) is 12.5. The van der Waals surface area contributed by atoms with Crippen LogP contribution in [-0.4, -0.2) is 77.8 Å². The molecule has 0 aliphatic rings. The van der Waals surface area contributed by atoms with Gasteiger partial charge in [-0.25, -0.2) is 0 Å². The van der Waals surface area contributed by atoms with Crippen LogP contribution in [0.2, 0.25) is 0 Å². The number of aromatic amines is 1. The SMILES string of the molecule is CCCCCCCCC(CCCCCCCC)OC(=O)CCCCCCCN(CCCCCC(=O)OCCCCCCCCCC(C)C)CC(O)CCCCNC(=O)c1cc[nH]c1. The van der Waals surface area contributed by atoms with E-state index in [4.69, 9.17) is 9.47 Å². The molecule has 63 heavy (non-hydrogen) atoms. The van der Waals surface area contributed by atoms with Gasteiger partial charge in [0.1, 0.15) is 6.10 Å². The number of H-pyrrole nitrogens is 1. The summed E-state index contributed by atoms with van der Waals surface area (Å²) in [6, 6.07) is 1.76. The van der Waals surface area contributed by atoms with Gasteiger partial charge >= 0.3 is 11.9 Å². The van der Waals surface area contributed by atoms with Crippen molar-refractivity contribution in [2.75, 3.05) is 32.8 Å². The second-order valence-corrected chi connectivity index (χ2v) is 19.2. The Kier molecular flexibility index (Phi) is 40.5. The number of nitrogens with zero attached hydrogens (tertiary/aromatic N) is 1. The van der Waals surface area contributed by atoms with Crippen molar-refractivity contribution in [1.29, 1.82) is 0 Å². The minimum atomic E-state index is -0.415. The molecule has 0 aliphatic carbocycles. The maximum absolute atomic E-state index is 12.9. The van der Waals surface area contributed by atoms with Crippen LogP contribution in [0.5, 0.6) is 0 Å². The molecule has 0 saturated heterocycles. The molecule has 1 aromatic rings. The quantitative estimate of drug-likeness (QED) is 0.0440. The van der Waals surface area contributed by atoms with Crippen LogP contribution in [0, 0.1) is 5.92 Å². The summed E-state index contributed by atoms with van der Waals surface area (Å²) >= 11 is 0. The largest absolute Gasteiger partial charge is 0.466 e. The number of esters is 2. The molecule has 0 aliphatic heterocycles. The van der Waals surface area contributed by atoms with E-state index in [2.05, 4.69) is 42.9 Å². The molecule has 1 unspecified atom stereocenters. The maximum Gasteiger partial charge on any atom is 0.306 e. The minimum absolute atomic E-state index is 0.0120. The van der Waals surface area contributed by atoms with Crippen molar-refractivity contribution in [3.8, 4) is 0 Å². The van der Waals surface area contributed by atoms with Gasteiger partial charge in [0.05, 0.1) is 18.3 Å². The van der Waals surface area contributed by atoms with Crippen LogP contribution in [0.15, 0.2) is 18.5 Å². The summed E-state index contributed by atoms with van der Waals surface area (Å²) in [6.45, 7) is 12.7. The van der Waals surface area contributed by atoms with Crippen molar-refractivity contribution < 1.29 is 29.0 Å². The number of nitrogens with one attached hydrogen (secondary N) is 2. The molecule has 0 fully saturated rings. The third-order valence-electron chi connectivity index (χ3n) is 12.5. The summed E-state index contributed by atoms with van der Waals surface area (Å²) in [5, 5.41) is 13.9. The normalized spacial score (nSPS) is 12.1. The molecule has 0 radical (unpaired) electrons. The molecule has 0 aromatic carbocycles. The average Bonchev–Trinajstić information content (AvgIpc) is 3.81. The Morgan fingerprint density at radius 1 is 0.603 bits per heavy atom. The number of aliphatic hydroxyl groups is 1. The number of carbonyl (C=O) groups excluding carboxylic acids is 3. The minimum Gasteiger partial charge on any atom is -0.466 e. The Hall–Kier alpha value is -2.39. The monoisotopic (exact) mass is 888 g/mol. The van der Waals surface area contributed by atoms with Gasteiger partial charge in [-0.2, -0.15) is 0 Å². The lowest BCUT2D eigenvalue weighted by molar-refractivity contribution is -0.150. The number of hydrogen-bond donors (Lipinski definition) is 3. The summed E-state index contributed by atoms with van der Waals surface area (Å²) < 4.78 is 11.6. The number of rotatable bonds is 47. The van der Waals surface area contributed by atoms with Crippen molar-refractivity contribution in [3.63, 3.8) is 0 Å². The van der Waals surface area contributed by atoms with Gasteiger partial charge in [0.2, 0.25) is 0 Å². The lowest BCUT2D eigenvalue weighted by atomic mass is 10.0. The highest BCUT2D eigenvalue weighted by atomic mass is 16.5. The molecule has 368 valence electrons. The Morgan fingerprint density at radius 2 is 1.10 bits per heavy atom. The standard InChI is InChI=1S/C54H101N3O6/c1-5-7-9-11-18-25-36-51(37-26-19-12-10-8-6-2)63-53(60)39-27-20-16-21-31-43-57(47-50(58)35-29-30-41-56-54(61)49-40-42-55-46-49)44-32-23-28-38-52(59)62-45-33-22-15-13-14-17-24-34-48(3)4/h40,42,46,48,50-51,55,58H,5-39,41,43-45,47H2,1-4H3,(H,56,61). The lowest BCUT2D eigenvalue weighted by Crippen LogP contribution is -2.34. The van der Waals surface area contributed by atoms with E-state index in [-0.39, 0.29) is 23.9 Å². The number of ether oxygens (including phenoxy) is 2. The third kappa shape index (κ3) is 38.6. The predicted molar refractivity (Wildman–Crippen MR) is 264 cm³/mol. The molecule has 1 rings (SSSR count). The topological polar surface area (TPSA) is 121 Å². The molecule has 9 nitrogen and oxygen atoms in total. The number of hydrogen-bond acceptors (Lipinski definition) is 7. The van der Waals surface area contributed by atoms with Crippen molar-refractivity contribution >= 4 is 17.8 Å². The van der Waals surface area contributed by atoms with Crippen molar-refractivity contribution in [2.45, 2.75) is 265 Å². The number of unbranched alkanes of at least 4 members (excludes halogenated alkanes) is 23. The first-order valence-electron chi connectivity index (χ1n) is 26.9. The average molecular weight is 888 g/mol. The van der Waals surface area contributed by atoms with E-state index < -0.39 is 6.10 Å². The van der Waals surface area contributed by atoms with Gasteiger partial charge in [0.15, 0.2) is 0 Å². The van der Waals surface area contributed by atoms with Gasteiger partial charge in [-0.1, -0.05) is 163 Å². The number of amides is 1. The molecular weight excluding hydrogens is 787 g/mol. The van der Waals surface area contributed by atoms with E-state index >= 15 is 0 Å². The maximum atomic E-state index is 12.9. The van der Waals surface area contributed by atoms with Gasteiger partial charge in [0, 0.05) is 38.3 Å². The van der Waals surface area contributed by atoms with Crippen LogP contribution in [0.1, 0.15) is 263 Å². The molecule has 0 saturated carbocycles. The van der Waals surface area contributed by atoms with E-state index in [9.17, 15) is 19.5 Å². The lowest BCUT2D eigenvalue weighted by Gasteiger charge is -2.25. The first-order chi connectivity index (χ1) is 30.7. The van der Waals surface area contributed by atoms with Crippen LogP contribution in [-0.2, 0) is 19.1 Å². The Bertz CT molecular complexity index is 1140. The zero-order chi connectivity index (χ0) is 45.9. The summed E-state index contributed by atoms with van der Waals surface area (Å²) in [5.41, 5.74) is 0.634. The van der Waals surface area contributed by atoms with Gasteiger partial charge in [0.25, 0.3) is 5.91 Å². The Labute approximate surface area is 388 Å². The van der Waals surface area contributed by atoms with Crippen LogP contribution >= 0.6 is 0 Å². The first kappa shape index (κ1) is 58.6. The Balaban J connectivity index is 2.39. The molecule has 9 heteroatoms. The highest BCUT2D eigenvalue weighted by Gasteiger charge is 2.16. The van der Waals surface area contributed by atoms with E-state index in [1.807, 2.05) is 0 Å². The highest BCUT2D eigenvalue weighted by molar-refractivity contribution is 5.93.